The summed E-state index contributed by atoms with van der Waals surface area (Å²) in [4.78, 5) is 30.2. The number of pyridine rings is 1. The molecule has 3 rings (SSSR count). The molecule has 1 fully saturated rings. The van der Waals surface area contributed by atoms with E-state index >= 15 is 0 Å². The summed E-state index contributed by atoms with van der Waals surface area (Å²) < 4.78 is 1.97. The molecule has 24 heavy (non-hydrogen) atoms. The molecule has 0 bridgehead atoms. The van der Waals surface area contributed by atoms with Crippen LogP contribution in [0.5, 0.6) is 0 Å². The van der Waals surface area contributed by atoms with Crippen molar-refractivity contribution in [3.05, 3.63) is 36.3 Å². The number of nitrogens with one attached hydrogen (secondary N) is 1. The van der Waals surface area contributed by atoms with Crippen LogP contribution < -0.4 is 5.32 Å². The zero-order chi connectivity index (χ0) is 16.8. The van der Waals surface area contributed by atoms with E-state index in [1.54, 1.807) is 0 Å². The Labute approximate surface area is 141 Å². The lowest BCUT2D eigenvalue weighted by Crippen LogP contribution is -2.35. The molecule has 0 spiro atoms. The third kappa shape index (κ3) is 4.34. The van der Waals surface area contributed by atoms with E-state index < -0.39 is 0 Å². The Morgan fingerprint density at radius 1 is 1.25 bits per heavy atom. The first-order valence-electron chi connectivity index (χ1n) is 8.69. The van der Waals surface area contributed by atoms with E-state index in [9.17, 15) is 9.59 Å². The minimum Gasteiger partial charge on any atom is -0.356 e. The van der Waals surface area contributed by atoms with Crippen LogP contribution in [0.1, 0.15) is 37.8 Å². The first-order chi connectivity index (χ1) is 11.7. The lowest BCUT2D eigenvalue weighted by atomic mass is 10.2. The Hall–Kier alpha value is -2.37. The standard InChI is InChI=1S/C18H24N4O2/c23-17(9-13-21-11-4-1-2-7-18(21)24)19-10-8-15-14-22-12-5-3-6-16(22)20-15/h3,5-6,12,14H,1-2,4,7-11,13H2,(H,19,23). The Bertz CT molecular complexity index is 677. The monoisotopic (exact) mass is 328 g/mol. The van der Waals surface area contributed by atoms with Crippen molar-refractivity contribution in [1.82, 2.24) is 19.6 Å². The van der Waals surface area contributed by atoms with E-state index in [1.165, 1.54) is 0 Å². The zero-order valence-corrected chi connectivity index (χ0v) is 13.9. The van der Waals surface area contributed by atoms with Crippen molar-refractivity contribution in [3.63, 3.8) is 0 Å². The van der Waals surface area contributed by atoms with Crippen molar-refractivity contribution in [1.29, 1.82) is 0 Å². The number of nitrogens with zero attached hydrogens (tertiary/aromatic N) is 3. The third-order valence-electron chi connectivity index (χ3n) is 4.40. The molecule has 1 N–H and O–H groups in total. The second kappa shape index (κ2) is 7.95. The number of likely N-dealkylation sites (tertiary alicyclic amines) is 1. The second-order valence-electron chi connectivity index (χ2n) is 6.24. The molecule has 2 aromatic heterocycles. The summed E-state index contributed by atoms with van der Waals surface area (Å²) in [6.45, 7) is 1.88. The van der Waals surface area contributed by atoms with E-state index in [2.05, 4.69) is 10.3 Å². The molecule has 1 saturated heterocycles. The number of imidazole rings is 1. The van der Waals surface area contributed by atoms with Gasteiger partial charge in [-0.2, -0.15) is 0 Å². The molecule has 1 aliphatic rings. The van der Waals surface area contributed by atoms with Crippen molar-refractivity contribution in [2.24, 2.45) is 0 Å². The molecular formula is C18H24N4O2. The number of fused-ring (bicyclic) bond motifs is 1. The normalized spacial score (nSPS) is 15.5. The smallest absolute Gasteiger partial charge is 0.222 e. The highest BCUT2D eigenvalue weighted by Gasteiger charge is 2.17. The Morgan fingerprint density at radius 2 is 2.17 bits per heavy atom. The van der Waals surface area contributed by atoms with Gasteiger partial charge in [-0.05, 0) is 25.0 Å². The zero-order valence-electron chi connectivity index (χ0n) is 13.9. The van der Waals surface area contributed by atoms with Crippen LogP contribution in [0.3, 0.4) is 0 Å². The van der Waals surface area contributed by atoms with E-state index in [1.807, 2.05) is 39.9 Å². The number of carbonyl (C=O) groups is 2. The number of carbonyl (C=O) groups excluding carboxylic acids is 2. The van der Waals surface area contributed by atoms with Gasteiger partial charge in [-0.25, -0.2) is 4.98 Å². The average Bonchev–Trinajstić information content (AvgIpc) is 2.88. The van der Waals surface area contributed by atoms with Crippen LogP contribution in [-0.4, -0.2) is 45.7 Å². The van der Waals surface area contributed by atoms with E-state index in [-0.39, 0.29) is 11.8 Å². The highest BCUT2D eigenvalue weighted by atomic mass is 16.2. The molecule has 6 heteroatoms. The van der Waals surface area contributed by atoms with E-state index in [0.29, 0.717) is 32.4 Å². The molecule has 2 amide bonds. The van der Waals surface area contributed by atoms with Crippen LogP contribution >= 0.6 is 0 Å². The van der Waals surface area contributed by atoms with Crippen LogP contribution in [0.15, 0.2) is 30.6 Å². The summed E-state index contributed by atoms with van der Waals surface area (Å²) in [7, 11) is 0. The molecule has 0 aromatic carbocycles. The number of hydrogen-bond acceptors (Lipinski definition) is 3. The maximum atomic E-state index is 12.0. The predicted octanol–water partition coefficient (Wildman–Crippen LogP) is 1.79. The molecule has 6 nitrogen and oxygen atoms in total. The summed E-state index contributed by atoms with van der Waals surface area (Å²) in [5, 5.41) is 2.92. The Balaban J connectivity index is 1.40. The highest BCUT2D eigenvalue weighted by molar-refractivity contribution is 5.79. The fourth-order valence-electron chi connectivity index (χ4n) is 3.04. The molecule has 0 unspecified atom stereocenters. The Morgan fingerprint density at radius 3 is 3.04 bits per heavy atom. The second-order valence-corrected chi connectivity index (χ2v) is 6.24. The summed E-state index contributed by atoms with van der Waals surface area (Å²) in [5.41, 5.74) is 1.88. The van der Waals surface area contributed by atoms with Crippen molar-refractivity contribution >= 4 is 17.5 Å². The summed E-state index contributed by atoms with van der Waals surface area (Å²) in [5.74, 6) is 0.181. The average molecular weight is 328 g/mol. The number of hydrogen-bond donors (Lipinski definition) is 1. The topological polar surface area (TPSA) is 66.7 Å². The van der Waals surface area contributed by atoms with Gasteiger partial charge >= 0.3 is 0 Å². The first kappa shape index (κ1) is 16.5. The summed E-state index contributed by atoms with van der Waals surface area (Å²) >= 11 is 0. The lowest BCUT2D eigenvalue weighted by molar-refractivity contribution is -0.131. The summed E-state index contributed by atoms with van der Waals surface area (Å²) in [6.07, 6.45) is 8.76. The first-order valence-corrected chi connectivity index (χ1v) is 8.69. The fraction of sp³-hybridized carbons (Fsp3) is 0.500. The largest absolute Gasteiger partial charge is 0.356 e. The third-order valence-corrected chi connectivity index (χ3v) is 4.40. The van der Waals surface area contributed by atoms with E-state index in [0.717, 1.165) is 37.1 Å². The van der Waals surface area contributed by atoms with Crippen LogP contribution in [0, 0.1) is 0 Å². The van der Waals surface area contributed by atoms with Gasteiger partial charge in [-0.15, -0.1) is 0 Å². The van der Waals surface area contributed by atoms with Gasteiger partial charge in [0.15, 0.2) is 0 Å². The molecule has 0 atom stereocenters. The molecule has 3 heterocycles. The molecule has 1 aliphatic heterocycles. The minimum absolute atomic E-state index is 0.00388. The van der Waals surface area contributed by atoms with Gasteiger partial charge in [0.1, 0.15) is 5.65 Å². The molecule has 0 saturated carbocycles. The van der Waals surface area contributed by atoms with Gasteiger partial charge < -0.3 is 14.6 Å². The van der Waals surface area contributed by atoms with Crippen LogP contribution in [-0.2, 0) is 16.0 Å². The number of rotatable bonds is 6. The van der Waals surface area contributed by atoms with Gasteiger partial charge in [0.25, 0.3) is 0 Å². The van der Waals surface area contributed by atoms with Gasteiger partial charge in [-0.3, -0.25) is 9.59 Å². The summed E-state index contributed by atoms with van der Waals surface area (Å²) in [6, 6.07) is 5.88. The van der Waals surface area contributed by atoms with Gasteiger partial charge in [0.05, 0.1) is 5.69 Å². The van der Waals surface area contributed by atoms with Gasteiger partial charge in [0.2, 0.25) is 11.8 Å². The molecule has 128 valence electrons. The van der Waals surface area contributed by atoms with Gasteiger partial charge in [0, 0.05) is 51.3 Å². The predicted molar refractivity (Wildman–Crippen MR) is 91.6 cm³/mol. The van der Waals surface area contributed by atoms with Crippen molar-refractivity contribution in [2.75, 3.05) is 19.6 Å². The van der Waals surface area contributed by atoms with Crippen molar-refractivity contribution in [3.8, 4) is 0 Å². The molecule has 2 aromatic rings. The van der Waals surface area contributed by atoms with Gasteiger partial charge in [-0.1, -0.05) is 12.5 Å². The minimum atomic E-state index is -0.00388. The van der Waals surface area contributed by atoms with E-state index in [4.69, 9.17) is 0 Å². The number of aromatic nitrogens is 2. The van der Waals surface area contributed by atoms with Crippen molar-refractivity contribution in [2.45, 2.75) is 38.5 Å². The van der Waals surface area contributed by atoms with Crippen LogP contribution in [0.4, 0.5) is 0 Å². The quantitative estimate of drug-likeness (QED) is 0.879. The van der Waals surface area contributed by atoms with Crippen molar-refractivity contribution < 1.29 is 9.59 Å². The molecule has 0 aliphatic carbocycles. The maximum absolute atomic E-state index is 12.0. The Kier molecular flexibility index (Phi) is 5.46. The molecule has 0 radical (unpaired) electrons. The highest BCUT2D eigenvalue weighted by Crippen LogP contribution is 2.11. The maximum Gasteiger partial charge on any atom is 0.222 e. The lowest BCUT2D eigenvalue weighted by Gasteiger charge is -2.19. The SMILES string of the molecule is O=C(CCN1CCCCCC1=O)NCCc1cn2ccccc2n1. The van der Waals surface area contributed by atoms with Crippen LogP contribution in [0.2, 0.25) is 0 Å². The van der Waals surface area contributed by atoms with Crippen LogP contribution in [0.25, 0.3) is 5.65 Å². The molecular weight excluding hydrogens is 304 g/mol. The fourth-order valence-corrected chi connectivity index (χ4v) is 3.04. The number of amides is 2.